The van der Waals surface area contributed by atoms with E-state index in [1.165, 1.54) is 5.56 Å². The summed E-state index contributed by atoms with van der Waals surface area (Å²) in [6, 6.07) is 16.2. The third-order valence-corrected chi connectivity index (χ3v) is 4.78. The number of fused-ring (bicyclic) bond motifs is 1. The molecule has 0 aromatic heterocycles. The predicted octanol–water partition coefficient (Wildman–Crippen LogP) is 4.37. The first-order valence-corrected chi connectivity index (χ1v) is 8.57. The molecule has 1 unspecified atom stereocenters. The number of nitrogens with one attached hydrogen (secondary N) is 2. The smallest absolute Gasteiger partial charge is 0.338 e. The summed E-state index contributed by atoms with van der Waals surface area (Å²) in [6.45, 7) is 6.87. The lowest BCUT2D eigenvalue weighted by atomic mass is 9.84. The van der Waals surface area contributed by atoms with Crippen LogP contribution in [0.3, 0.4) is 0 Å². The Hall–Kier alpha value is -2.75. The Morgan fingerprint density at radius 1 is 1.04 bits per heavy atom. The van der Waals surface area contributed by atoms with E-state index in [1.807, 2.05) is 24.3 Å². The van der Waals surface area contributed by atoms with Crippen LogP contribution in [-0.2, 0) is 14.9 Å². The van der Waals surface area contributed by atoms with Crippen molar-refractivity contribution in [3.05, 3.63) is 70.9 Å². The standard InChI is InChI=1S/C21H22N2O2/c1-21(2,3)14-8-6-7-13(11-14)19-18-17(12-25-20(18)24)22-15-9-4-5-10-16(15)23-19/h4-11,19,22-23H,12H2,1-3H3. The van der Waals surface area contributed by atoms with Gasteiger partial charge in [0.05, 0.1) is 28.7 Å². The Morgan fingerprint density at radius 3 is 2.56 bits per heavy atom. The van der Waals surface area contributed by atoms with Crippen molar-refractivity contribution in [2.45, 2.75) is 32.2 Å². The highest BCUT2D eigenvalue weighted by Gasteiger charge is 2.35. The van der Waals surface area contributed by atoms with Crippen LogP contribution >= 0.6 is 0 Å². The minimum absolute atomic E-state index is 0.0459. The molecule has 128 valence electrons. The number of hydrogen-bond acceptors (Lipinski definition) is 4. The first kappa shape index (κ1) is 15.8. The highest BCUT2D eigenvalue weighted by molar-refractivity contribution is 5.96. The SMILES string of the molecule is CC(C)(C)c1cccc(C2Nc3ccccc3NC3=C2C(=O)OC3)c1. The molecular weight excluding hydrogens is 312 g/mol. The van der Waals surface area contributed by atoms with Crippen molar-refractivity contribution < 1.29 is 9.53 Å². The van der Waals surface area contributed by atoms with E-state index in [1.54, 1.807) is 0 Å². The fraction of sp³-hybridized carbons (Fsp3) is 0.286. The number of hydrogen-bond donors (Lipinski definition) is 2. The highest BCUT2D eigenvalue weighted by Crippen LogP contribution is 2.39. The number of carbonyl (C=O) groups excluding carboxylic acids is 1. The summed E-state index contributed by atoms with van der Waals surface area (Å²) in [5, 5.41) is 6.90. The van der Waals surface area contributed by atoms with E-state index in [0.717, 1.165) is 22.6 Å². The zero-order valence-corrected chi connectivity index (χ0v) is 14.7. The number of ether oxygens (including phenoxy) is 1. The highest BCUT2D eigenvalue weighted by atomic mass is 16.5. The van der Waals surface area contributed by atoms with Gasteiger partial charge in [-0.25, -0.2) is 4.79 Å². The minimum atomic E-state index is -0.256. The fourth-order valence-electron chi connectivity index (χ4n) is 3.35. The molecule has 0 spiro atoms. The Labute approximate surface area is 147 Å². The lowest BCUT2D eigenvalue weighted by Gasteiger charge is -2.24. The molecule has 2 N–H and O–H groups in total. The van der Waals surface area contributed by atoms with Crippen molar-refractivity contribution in [1.29, 1.82) is 0 Å². The number of esters is 1. The second-order valence-electron chi connectivity index (χ2n) is 7.59. The normalized spacial score (nSPS) is 19.3. The Bertz CT molecular complexity index is 877. The number of cyclic esters (lactones) is 1. The Kier molecular flexibility index (Phi) is 3.57. The topological polar surface area (TPSA) is 50.4 Å². The Morgan fingerprint density at radius 2 is 1.80 bits per heavy atom. The molecule has 2 aromatic carbocycles. The van der Waals surface area contributed by atoms with Crippen LogP contribution in [0.25, 0.3) is 0 Å². The van der Waals surface area contributed by atoms with Crippen molar-refractivity contribution in [3.8, 4) is 0 Å². The molecule has 25 heavy (non-hydrogen) atoms. The van der Waals surface area contributed by atoms with Crippen LogP contribution in [0.1, 0.15) is 37.9 Å². The van der Waals surface area contributed by atoms with Gasteiger partial charge in [0.2, 0.25) is 0 Å². The van der Waals surface area contributed by atoms with E-state index in [4.69, 9.17) is 4.74 Å². The van der Waals surface area contributed by atoms with E-state index < -0.39 is 0 Å². The van der Waals surface area contributed by atoms with Crippen LogP contribution in [0, 0.1) is 0 Å². The second-order valence-corrected chi connectivity index (χ2v) is 7.59. The summed E-state index contributed by atoms with van der Waals surface area (Å²) < 4.78 is 5.30. The van der Waals surface area contributed by atoms with Gasteiger partial charge in [-0.05, 0) is 28.7 Å². The third-order valence-electron chi connectivity index (χ3n) is 4.78. The quantitative estimate of drug-likeness (QED) is 0.760. The van der Waals surface area contributed by atoms with E-state index in [-0.39, 0.29) is 17.4 Å². The summed E-state index contributed by atoms with van der Waals surface area (Å²) in [6.07, 6.45) is 0. The number of anilines is 2. The van der Waals surface area contributed by atoms with Crippen molar-refractivity contribution in [3.63, 3.8) is 0 Å². The minimum Gasteiger partial charge on any atom is -0.456 e. The maximum absolute atomic E-state index is 12.4. The zero-order chi connectivity index (χ0) is 17.6. The first-order chi connectivity index (χ1) is 11.9. The van der Waals surface area contributed by atoms with Gasteiger partial charge in [0.1, 0.15) is 6.61 Å². The van der Waals surface area contributed by atoms with E-state index in [0.29, 0.717) is 12.2 Å². The van der Waals surface area contributed by atoms with Crippen molar-refractivity contribution >= 4 is 17.3 Å². The molecule has 4 heteroatoms. The number of rotatable bonds is 1. The molecule has 0 amide bonds. The van der Waals surface area contributed by atoms with Crippen LogP contribution in [0.15, 0.2) is 59.8 Å². The molecule has 2 aliphatic rings. The van der Waals surface area contributed by atoms with Crippen LogP contribution in [-0.4, -0.2) is 12.6 Å². The summed E-state index contributed by atoms with van der Waals surface area (Å²) in [7, 11) is 0. The van der Waals surface area contributed by atoms with Crippen LogP contribution in [0.2, 0.25) is 0 Å². The summed E-state index contributed by atoms with van der Waals surface area (Å²) >= 11 is 0. The third kappa shape index (κ3) is 2.78. The lowest BCUT2D eigenvalue weighted by molar-refractivity contribution is -0.136. The van der Waals surface area contributed by atoms with Gasteiger partial charge in [0.15, 0.2) is 0 Å². The predicted molar refractivity (Wildman–Crippen MR) is 99.6 cm³/mol. The van der Waals surface area contributed by atoms with Gasteiger partial charge >= 0.3 is 5.97 Å². The number of carbonyl (C=O) groups is 1. The van der Waals surface area contributed by atoms with Crippen LogP contribution in [0.4, 0.5) is 11.4 Å². The fourth-order valence-corrected chi connectivity index (χ4v) is 3.35. The van der Waals surface area contributed by atoms with Crippen LogP contribution < -0.4 is 10.6 Å². The van der Waals surface area contributed by atoms with Gasteiger partial charge in [-0.15, -0.1) is 0 Å². The monoisotopic (exact) mass is 334 g/mol. The van der Waals surface area contributed by atoms with Crippen molar-refractivity contribution in [2.24, 2.45) is 0 Å². The molecule has 0 fully saturated rings. The summed E-state index contributed by atoms with van der Waals surface area (Å²) in [4.78, 5) is 12.4. The molecule has 0 bridgehead atoms. The molecule has 2 aromatic rings. The maximum atomic E-state index is 12.4. The lowest BCUT2D eigenvalue weighted by Crippen LogP contribution is -2.19. The average molecular weight is 334 g/mol. The average Bonchev–Trinajstić information content (AvgIpc) is 2.85. The van der Waals surface area contributed by atoms with E-state index in [2.05, 4.69) is 55.7 Å². The first-order valence-electron chi connectivity index (χ1n) is 8.57. The van der Waals surface area contributed by atoms with Gasteiger partial charge in [-0.2, -0.15) is 0 Å². The molecular formula is C21H22N2O2. The molecule has 0 radical (unpaired) electrons. The summed E-state index contributed by atoms with van der Waals surface area (Å²) in [5.41, 5.74) is 5.81. The molecule has 2 heterocycles. The molecule has 0 saturated carbocycles. The maximum Gasteiger partial charge on any atom is 0.338 e. The largest absolute Gasteiger partial charge is 0.456 e. The van der Waals surface area contributed by atoms with Gasteiger partial charge < -0.3 is 15.4 Å². The summed E-state index contributed by atoms with van der Waals surface area (Å²) in [5.74, 6) is -0.256. The Balaban J connectivity index is 1.84. The second kappa shape index (κ2) is 5.66. The molecule has 1 atom stereocenters. The molecule has 0 aliphatic carbocycles. The molecule has 2 aliphatic heterocycles. The van der Waals surface area contributed by atoms with Crippen LogP contribution in [0.5, 0.6) is 0 Å². The van der Waals surface area contributed by atoms with Crippen molar-refractivity contribution in [1.82, 2.24) is 0 Å². The number of benzene rings is 2. The van der Waals surface area contributed by atoms with Gasteiger partial charge in [0, 0.05) is 0 Å². The van der Waals surface area contributed by atoms with Gasteiger partial charge in [-0.1, -0.05) is 57.2 Å². The molecule has 0 saturated heterocycles. The van der Waals surface area contributed by atoms with Gasteiger partial charge in [-0.3, -0.25) is 0 Å². The number of para-hydroxylation sites is 2. The van der Waals surface area contributed by atoms with Crippen molar-refractivity contribution in [2.75, 3.05) is 17.2 Å². The molecule has 4 nitrogen and oxygen atoms in total. The molecule has 4 rings (SSSR count). The zero-order valence-electron chi connectivity index (χ0n) is 14.7. The van der Waals surface area contributed by atoms with Gasteiger partial charge in [0.25, 0.3) is 0 Å². The van der Waals surface area contributed by atoms with E-state index in [9.17, 15) is 4.79 Å². The van der Waals surface area contributed by atoms with E-state index >= 15 is 0 Å².